The van der Waals surface area contributed by atoms with E-state index in [9.17, 15) is 24.8 Å². The highest BCUT2D eigenvalue weighted by molar-refractivity contribution is 8.13. The van der Waals surface area contributed by atoms with Crippen molar-refractivity contribution in [2.75, 3.05) is 51.5 Å². The summed E-state index contributed by atoms with van der Waals surface area (Å²) in [6.45, 7) is 5.58. The lowest BCUT2D eigenvalue weighted by Gasteiger charge is -2.21. The van der Waals surface area contributed by atoms with Crippen molar-refractivity contribution in [3.8, 4) is 23.0 Å². The predicted octanol–water partition coefficient (Wildman–Crippen LogP) is 7.30. The molecule has 0 spiro atoms. The van der Waals surface area contributed by atoms with Crippen LogP contribution in [0.3, 0.4) is 0 Å². The third-order valence-corrected chi connectivity index (χ3v) is 8.35. The SMILES string of the molecule is Cc1ccc(OCCCCNC(=O)c2cc(Oc3ccc([N+](=O)[O-])cc3N(C)C(=O)SCCN(C)C)c3ccccc3c2O)c(C)c1. The van der Waals surface area contributed by atoms with Crippen LogP contribution in [0.5, 0.6) is 23.0 Å². The molecule has 4 aromatic carbocycles. The van der Waals surface area contributed by atoms with Gasteiger partial charge in [-0.05, 0) is 64.5 Å². The lowest BCUT2D eigenvalue weighted by atomic mass is 10.0. The number of nitrogens with zero attached hydrogens (tertiary/aromatic N) is 3. The van der Waals surface area contributed by atoms with E-state index in [0.717, 1.165) is 23.1 Å². The number of thioether (sulfide) groups is 1. The van der Waals surface area contributed by atoms with Gasteiger partial charge in [0, 0.05) is 48.8 Å². The summed E-state index contributed by atoms with van der Waals surface area (Å²) in [5.41, 5.74) is 2.23. The maximum Gasteiger partial charge on any atom is 0.285 e. The molecule has 248 valence electrons. The van der Waals surface area contributed by atoms with Gasteiger partial charge in [-0.15, -0.1) is 0 Å². The van der Waals surface area contributed by atoms with E-state index in [0.29, 0.717) is 49.1 Å². The molecule has 0 aliphatic rings. The second kappa shape index (κ2) is 16.1. The number of fused-ring (bicyclic) bond motifs is 1. The standard InChI is InChI=1S/C35H40N4O7S/c1-23-12-14-30(24(2)20-23)45-18-9-8-16-36-34(41)28-22-32(26-10-6-7-11-27(26)33(28)40)46-31-15-13-25(39(43)44)21-29(31)38(5)35(42)47-19-17-37(3)4/h6-7,10-15,20-22,40H,8-9,16-19H2,1-5H3,(H,36,41). The minimum absolute atomic E-state index is 0.0114. The van der Waals surface area contributed by atoms with Crippen molar-refractivity contribution in [2.45, 2.75) is 26.7 Å². The Balaban J connectivity index is 1.52. The molecule has 0 radical (unpaired) electrons. The van der Waals surface area contributed by atoms with E-state index >= 15 is 0 Å². The Labute approximate surface area is 278 Å². The van der Waals surface area contributed by atoms with E-state index in [2.05, 4.69) is 11.4 Å². The lowest BCUT2D eigenvalue weighted by Crippen LogP contribution is -2.25. The van der Waals surface area contributed by atoms with Crippen LogP contribution in [0, 0.1) is 24.0 Å². The zero-order chi connectivity index (χ0) is 34.1. The number of nitro groups is 1. The van der Waals surface area contributed by atoms with E-state index in [4.69, 9.17) is 9.47 Å². The molecule has 4 aromatic rings. The van der Waals surface area contributed by atoms with Gasteiger partial charge in [-0.2, -0.15) is 0 Å². The number of carbonyl (C=O) groups is 2. The third-order valence-electron chi connectivity index (χ3n) is 7.44. The molecule has 0 heterocycles. The summed E-state index contributed by atoms with van der Waals surface area (Å²) in [5.74, 6) is 1.09. The highest BCUT2D eigenvalue weighted by Crippen LogP contribution is 2.41. The summed E-state index contributed by atoms with van der Waals surface area (Å²) in [5, 5.41) is 26.1. The van der Waals surface area contributed by atoms with Crippen molar-refractivity contribution in [2.24, 2.45) is 0 Å². The molecule has 0 unspecified atom stereocenters. The van der Waals surface area contributed by atoms with Crippen LogP contribution in [0.4, 0.5) is 16.2 Å². The van der Waals surface area contributed by atoms with Crippen LogP contribution in [0.15, 0.2) is 66.7 Å². The Kier molecular flexibility index (Phi) is 12.0. The van der Waals surface area contributed by atoms with Crippen molar-refractivity contribution in [1.82, 2.24) is 10.2 Å². The van der Waals surface area contributed by atoms with Gasteiger partial charge in [-0.1, -0.05) is 53.7 Å². The number of non-ortho nitro benzene ring substituents is 1. The van der Waals surface area contributed by atoms with Gasteiger partial charge < -0.3 is 29.7 Å². The number of nitrogens with one attached hydrogen (secondary N) is 1. The molecule has 2 N–H and O–H groups in total. The molecule has 2 amide bonds. The van der Waals surface area contributed by atoms with Crippen molar-refractivity contribution in [3.63, 3.8) is 0 Å². The largest absolute Gasteiger partial charge is 0.506 e. The Morgan fingerprint density at radius 3 is 2.36 bits per heavy atom. The number of carbonyl (C=O) groups excluding carboxylic acids is 2. The van der Waals surface area contributed by atoms with E-state index in [1.54, 1.807) is 24.3 Å². The van der Waals surface area contributed by atoms with Gasteiger partial charge in [-0.3, -0.25) is 19.7 Å². The summed E-state index contributed by atoms with van der Waals surface area (Å²) in [6, 6.07) is 18.4. The normalized spacial score (nSPS) is 11.0. The Morgan fingerprint density at radius 1 is 0.936 bits per heavy atom. The van der Waals surface area contributed by atoms with E-state index in [1.165, 1.54) is 41.8 Å². The van der Waals surface area contributed by atoms with Gasteiger partial charge in [0.1, 0.15) is 17.2 Å². The fourth-order valence-electron chi connectivity index (χ4n) is 4.85. The molecular formula is C35H40N4O7S. The van der Waals surface area contributed by atoms with Crippen molar-refractivity contribution in [3.05, 3.63) is 93.5 Å². The molecule has 0 aromatic heterocycles. The summed E-state index contributed by atoms with van der Waals surface area (Å²) >= 11 is 1.09. The highest BCUT2D eigenvalue weighted by atomic mass is 32.2. The summed E-state index contributed by atoms with van der Waals surface area (Å²) in [6.07, 6.45) is 1.38. The second-order valence-electron chi connectivity index (χ2n) is 11.4. The number of anilines is 1. The highest BCUT2D eigenvalue weighted by Gasteiger charge is 2.23. The monoisotopic (exact) mass is 660 g/mol. The summed E-state index contributed by atoms with van der Waals surface area (Å²) in [7, 11) is 5.33. The number of nitro benzene ring substituents is 1. The number of unbranched alkanes of at least 4 members (excludes halogenated alkanes) is 1. The van der Waals surface area contributed by atoms with Crippen LogP contribution in [-0.4, -0.2) is 72.7 Å². The molecule has 0 fully saturated rings. The quantitative estimate of drug-likeness (QED) is 0.0811. The van der Waals surface area contributed by atoms with Gasteiger partial charge in [0.05, 0.1) is 22.8 Å². The molecule has 0 atom stereocenters. The number of hydrogen-bond donors (Lipinski definition) is 2. The average molecular weight is 661 g/mol. The van der Waals surface area contributed by atoms with Gasteiger partial charge in [0.2, 0.25) is 0 Å². The first kappa shape index (κ1) is 35.1. The number of rotatable bonds is 14. The second-order valence-corrected chi connectivity index (χ2v) is 12.4. The average Bonchev–Trinajstić information content (AvgIpc) is 3.04. The first-order valence-corrected chi connectivity index (χ1v) is 16.2. The minimum atomic E-state index is -0.543. The number of aromatic hydroxyl groups is 1. The number of phenols is 1. The topological polar surface area (TPSA) is 134 Å². The van der Waals surface area contributed by atoms with Crippen LogP contribution in [0.2, 0.25) is 0 Å². The maximum absolute atomic E-state index is 13.3. The van der Waals surface area contributed by atoms with Crippen LogP contribution in [0.25, 0.3) is 10.8 Å². The van der Waals surface area contributed by atoms with Gasteiger partial charge in [0.15, 0.2) is 5.75 Å². The molecule has 12 heteroatoms. The Hall–Kier alpha value is -4.81. The van der Waals surface area contributed by atoms with Gasteiger partial charge >= 0.3 is 0 Å². The zero-order valence-electron chi connectivity index (χ0n) is 27.2. The lowest BCUT2D eigenvalue weighted by molar-refractivity contribution is -0.384. The number of aryl methyl sites for hydroxylation is 2. The van der Waals surface area contributed by atoms with E-state index in [1.807, 2.05) is 45.0 Å². The van der Waals surface area contributed by atoms with Crippen LogP contribution >= 0.6 is 11.8 Å². The van der Waals surface area contributed by atoms with Gasteiger partial charge in [-0.25, -0.2) is 0 Å². The first-order chi connectivity index (χ1) is 22.5. The molecule has 0 bridgehead atoms. The van der Waals surface area contributed by atoms with E-state index in [-0.39, 0.29) is 39.4 Å². The number of hydrogen-bond acceptors (Lipinski definition) is 9. The molecule has 4 rings (SSSR count). The summed E-state index contributed by atoms with van der Waals surface area (Å²) < 4.78 is 12.2. The van der Waals surface area contributed by atoms with Crippen LogP contribution in [-0.2, 0) is 0 Å². The number of phenolic OH excluding ortho intramolecular Hbond substituents is 1. The Bertz CT molecular complexity index is 1760. The predicted molar refractivity (Wildman–Crippen MR) is 187 cm³/mol. The fourth-order valence-corrected chi connectivity index (χ4v) is 5.77. The maximum atomic E-state index is 13.3. The Morgan fingerprint density at radius 2 is 1.66 bits per heavy atom. The smallest absolute Gasteiger partial charge is 0.285 e. The molecule has 0 aliphatic heterocycles. The number of ether oxygens (including phenoxy) is 2. The van der Waals surface area contributed by atoms with Crippen LogP contribution in [0.1, 0.15) is 34.3 Å². The fraction of sp³-hybridized carbons (Fsp3) is 0.314. The number of amides is 2. The minimum Gasteiger partial charge on any atom is -0.506 e. The molecular weight excluding hydrogens is 620 g/mol. The molecule has 0 saturated carbocycles. The number of benzene rings is 4. The zero-order valence-corrected chi connectivity index (χ0v) is 28.1. The van der Waals surface area contributed by atoms with E-state index < -0.39 is 10.8 Å². The molecule has 11 nitrogen and oxygen atoms in total. The first-order valence-electron chi connectivity index (χ1n) is 15.2. The van der Waals surface area contributed by atoms with Gasteiger partial charge in [0.25, 0.3) is 16.8 Å². The third kappa shape index (κ3) is 9.14. The molecule has 47 heavy (non-hydrogen) atoms. The van der Waals surface area contributed by atoms with Crippen molar-refractivity contribution < 1.29 is 29.1 Å². The summed E-state index contributed by atoms with van der Waals surface area (Å²) in [4.78, 5) is 40.6. The molecule has 0 aliphatic carbocycles. The molecule has 0 saturated heterocycles. The van der Waals surface area contributed by atoms with Crippen molar-refractivity contribution in [1.29, 1.82) is 0 Å². The van der Waals surface area contributed by atoms with Crippen molar-refractivity contribution >= 4 is 45.1 Å². The van der Waals surface area contributed by atoms with Crippen LogP contribution < -0.4 is 19.7 Å².